The molecule has 3 aromatic rings. The van der Waals surface area contributed by atoms with Crippen LogP contribution in [0.5, 0.6) is 0 Å². The molecule has 3 aromatic carbocycles. The van der Waals surface area contributed by atoms with E-state index in [4.69, 9.17) is 0 Å². The maximum atomic E-state index is 12.4. The number of hydrazine groups is 1. The number of benzene rings is 3. The molecular weight excluding hydrogens is 370 g/mol. The van der Waals surface area contributed by atoms with Gasteiger partial charge in [-0.1, -0.05) is 36.4 Å². The van der Waals surface area contributed by atoms with Crippen molar-refractivity contribution in [3.63, 3.8) is 0 Å². The molecule has 0 heterocycles. The van der Waals surface area contributed by atoms with Gasteiger partial charge in [0.25, 0.3) is 21.6 Å². The van der Waals surface area contributed by atoms with Crippen LogP contribution in [0.1, 0.15) is 15.9 Å². The highest BCUT2D eigenvalue weighted by atomic mass is 32.2. The quantitative estimate of drug-likeness (QED) is 0.517. The maximum Gasteiger partial charge on any atom is 0.273 e. The number of hydrogen-bond acceptors (Lipinski definition) is 5. The van der Waals surface area contributed by atoms with Crippen molar-refractivity contribution < 1.29 is 18.1 Å². The average molecular weight is 385 g/mol. The van der Waals surface area contributed by atoms with Gasteiger partial charge in [0.05, 0.1) is 15.4 Å². The van der Waals surface area contributed by atoms with Gasteiger partial charge in [-0.05, 0) is 35.9 Å². The van der Waals surface area contributed by atoms with E-state index in [1.165, 1.54) is 37.3 Å². The smallest absolute Gasteiger partial charge is 0.273 e. The Morgan fingerprint density at radius 2 is 1.70 bits per heavy atom. The SMILES string of the molecule is Cc1c(C(=O)NNS(=O)(=O)c2ccc3ccccc3c2)cccc1[N+](=O)[O-]. The molecule has 0 aliphatic heterocycles. The third-order valence-electron chi connectivity index (χ3n) is 4.08. The van der Waals surface area contributed by atoms with Crippen molar-refractivity contribution in [3.8, 4) is 0 Å². The van der Waals surface area contributed by atoms with Crippen LogP contribution in [0, 0.1) is 17.0 Å². The van der Waals surface area contributed by atoms with E-state index in [9.17, 15) is 23.3 Å². The van der Waals surface area contributed by atoms with Gasteiger partial charge in [-0.15, -0.1) is 4.83 Å². The first kappa shape index (κ1) is 18.5. The van der Waals surface area contributed by atoms with Gasteiger partial charge in [-0.25, -0.2) is 8.42 Å². The summed E-state index contributed by atoms with van der Waals surface area (Å²) < 4.78 is 24.9. The summed E-state index contributed by atoms with van der Waals surface area (Å²) in [6, 6.07) is 15.8. The first-order valence-corrected chi connectivity index (χ1v) is 9.33. The molecule has 0 bridgehead atoms. The molecule has 8 nitrogen and oxygen atoms in total. The zero-order valence-corrected chi connectivity index (χ0v) is 15.0. The fourth-order valence-corrected chi connectivity index (χ4v) is 3.52. The molecule has 0 radical (unpaired) electrons. The second-order valence-electron chi connectivity index (χ2n) is 5.78. The lowest BCUT2D eigenvalue weighted by atomic mass is 10.1. The minimum Gasteiger partial charge on any atom is -0.273 e. The molecule has 2 N–H and O–H groups in total. The Balaban J connectivity index is 1.81. The highest BCUT2D eigenvalue weighted by Crippen LogP contribution is 2.21. The van der Waals surface area contributed by atoms with Crippen LogP contribution in [0.2, 0.25) is 0 Å². The number of nitro benzene ring substituents is 1. The Morgan fingerprint density at radius 1 is 1.00 bits per heavy atom. The molecule has 1 amide bonds. The van der Waals surface area contributed by atoms with Crippen LogP contribution in [0.15, 0.2) is 65.6 Å². The van der Waals surface area contributed by atoms with E-state index in [1.54, 1.807) is 18.2 Å². The van der Waals surface area contributed by atoms with E-state index in [2.05, 4.69) is 5.43 Å². The fourth-order valence-electron chi connectivity index (χ4n) is 2.64. The molecule has 0 saturated carbocycles. The van der Waals surface area contributed by atoms with Gasteiger partial charge in [0, 0.05) is 11.6 Å². The van der Waals surface area contributed by atoms with Crippen molar-refractivity contribution in [2.45, 2.75) is 11.8 Å². The van der Waals surface area contributed by atoms with Crippen LogP contribution in [0.25, 0.3) is 10.8 Å². The molecule has 0 unspecified atom stereocenters. The van der Waals surface area contributed by atoms with Crippen LogP contribution in [-0.4, -0.2) is 19.2 Å². The summed E-state index contributed by atoms with van der Waals surface area (Å²) in [6.45, 7) is 1.42. The predicted octanol–water partition coefficient (Wildman–Crippen LogP) is 2.68. The summed E-state index contributed by atoms with van der Waals surface area (Å²) in [6.07, 6.45) is 0. The normalized spacial score (nSPS) is 11.3. The number of nitrogens with zero attached hydrogens (tertiary/aromatic N) is 1. The highest BCUT2D eigenvalue weighted by molar-refractivity contribution is 7.89. The number of fused-ring (bicyclic) bond motifs is 1. The Morgan fingerprint density at radius 3 is 2.41 bits per heavy atom. The molecule has 138 valence electrons. The predicted molar refractivity (Wildman–Crippen MR) is 99.6 cm³/mol. The van der Waals surface area contributed by atoms with Crippen LogP contribution < -0.4 is 10.3 Å². The highest BCUT2D eigenvalue weighted by Gasteiger charge is 2.20. The summed E-state index contributed by atoms with van der Waals surface area (Å²) in [5.41, 5.74) is 2.02. The number of hydrogen-bond donors (Lipinski definition) is 2. The lowest BCUT2D eigenvalue weighted by Crippen LogP contribution is -2.41. The lowest BCUT2D eigenvalue weighted by Gasteiger charge is -2.10. The number of rotatable bonds is 5. The second kappa shape index (κ2) is 7.14. The number of nitrogens with one attached hydrogen (secondary N) is 2. The van der Waals surface area contributed by atoms with Crippen molar-refractivity contribution in [1.29, 1.82) is 0 Å². The van der Waals surface area contributed by atoms with Crippen molar-refractivity contribution >= 4 is 32.4 Å². The summed E-state index contributed by atoms with van der Waals surface area (Å²) in [4.78, 5) is 24.6. The summed E-state index contributed by atoms with van der Waals surface area (Å²) in [7, 11) is -4.01. The summed E-state index contributed by atoms with van der Waals surface area (Å²) in [5.74, 6) is -0.791. The maximum absolute atomic E-state index is 12.4. The van der Waals surface area contributed by atoms with Crippen molar-refractivity contribution in [1.82, 2.24) is 10.3 Å². The van der Waals surface area contributed by atoms with Crippen molar-refractivity contribution in [2.24, 2.45) is 0 Å². The Kier molecular flexibility index (Phi) is 4.89. The number of nitro groups is 1. The number of carbonyl (C=O) groups excluding carboxylic acids is 1. The van der Waals surface area contributed by atoms with E-state index < -0.39 is 20.9 Å². The Bertz CT molecular complexity index is 1160. The molecule has 0 fully saturated rings. The van der Waals surface area contributed by atoms with Crippen molar-refractivity contribution in [3.05, 3.63) is 81.9 Å². The zero-order valence-electron chi connectivity index (χ0n) is 14.2. The molecular formula is C18H15N3O5S. The Labute approximate surface area is 155 Å². The monoisotopic (exact) mass is 385 g/mol. The van der Waals surface area contributed by atoms with E-state index in [0.29, 0.717) is 0 Å². The number of carbonyl (C=O) groups is 1. The van der Waals surface area contributed by atoms with Gasteiger partial charge in [0.15, 0.2) is 0 Å². The molecule has 3 rings (SSSR count). The topological polar surface area (TPSA) is 118 Å². The summed E-state index contributed by atoms with van der Waals surface area (Å²) in [5, 5.41) is 12.6. The van der Waals surface area contributed by atoms with E-state index in [-0.39, 0.29) is 21.7 Å². The van der Waals surface area contributed by atoms with E-state index in [0.717, 1.165) is 10.8 Å². The van der Waals surface area contributed by atoms with Crippen LogP contribution in [0.3, 0.4) is 0 Å². The third kappa shape index (κ3) is 3.78. The summed E-state index contributed by atoms with van der Waals surface area (Å²) >= 11 is 0. The first-order valence-electron chi connectivity index (χ1n) is 7.84. The largest absolute Gasteiger partial charge is 0.273 e. The van der Waals surface area contributed by atoms with Gasteiger partial charge < -0.3 is 0 Å². The Hall–Kier alpha value is -3.30. The van der Waals surface area contributed by atoms with E-state index in [1.807, 2.05) is 17.0 Å². The average Bonchev–Trinajstić information content (AvgIpc) is 2.65. The first-order chi connectivity index (χ1) is 12.8. The van der Waals surface area contributed by atoms with Gasteiger partial charge in [-0.3, -0.25) is 20.3 Å². The second-order valence-corrected chi connectivity index (χ2v) is 7.46. The van der Waals surface area contributed by atoms with Gasteiger partial charge in [0.2, 0.25) is 0 Å². The molecule has 0 atom stereocenters. The van der Waals surface area contributed by atoms with Gasteiger partial charge in [0.1, 0.15) is 0 Å². The molecule has 0 saturated heterocycles. The van der Waals surface area contributed by atoms with Crippen LogP contribution >= 0.6 is 0 Å². The minimum absolute atomic E-state index is 0.00501. The number of sulfonamides is 1. The fraction of sp³-hybridized carbons (Fsp3) is 0.0556. The van der Waals surface area contributed by atoms with Crippen LogP contribution in [0.4, 0.5) is 5.69 Å². The zero-order chi connectivity index (χ0) is 19.6. The molecule has 0 aliphatic carbocycles. The van der Waals surface area contributed by atoms with Gasteiger partial charge >= 0.3 is 0 Å². The molecule has 0 aliphatic rings. The molecule has 27 heavy (non-hydrogen) atoms. The molecule has 0 aromatic heterocycles. The molecule has 0 spiro atoms. The van der Waals surface area contributed by atoms with Gasteiger partial charge in [-0.2, -0.15) is 0 Å². The van der Waals surface area contributed by atoms with Crippen molar-refractivity contribution in [2.75, 3.05) is 0 Å². The minimum atomic E-state index is -4.01. The third-order valence-corrected chi connectivity index (χ3v) is 5.32. The molecule has 9 heteroatoms. The lowest BCUT2D eigenvalue weighted by molar-refractivity contribution is -0.385. The number of amides is 1. The standard InChI is InChI=1S/C18H15N3O5S/c1-12-16(7-4-8-17(12)21(23)24)18(22)19-20-27(25,26)15-10-9-13-5-2-3-6-14(13)11-15/h2-11,20H,1H3,(H,19,22). The van der Waals surface area contributed by atoms with E-state index >= 15 is 0 Å². The van der Waals surface area contributed by atoms with Crippen LogP contribution in [-0.2, 0) is 10.0 Å².